The van der Waals surface area contributed by atoms with E-state index in [9.17, 15) is 0 Å². The lowest BCUT2D eigenvalue weighted by Gasteiger charge is -2.16. The van der Waals surface area contributed by atoms with Crippen molar-refractivity contribution in [2.75, 3.05) is 18.0 Å². The molecule has 84 valence electrons. The summed E-state index contributed by atoms with van der Waals surface area (Å²) in [7, 11) is 0. The van der Waals surface area contributed by atoms with Crippen molar-refractivity contribution in [3.8, 4) is 0 Å². The van der Waals surface area contributed by atoms with Crippen LogP contribution in [0.3, 0.4) is 0 Å². The predicted octanol–water partition coefficient (Wildman–Crippen LogP) is 0.575. The molecule has 0 bridgehead atoms. The number of hydrogen-bond acceptors (Lipinski definition) is 4. The van der Waals surface area contributed by atoms with E-state index in [2.05, 4.69) is 15.0 Å². The van der Waals surface area contributed by atoms with Crippen LogP contribution >= 0.6 is 0 Å². The first-order valence-electron chi connectivity index (χ1n) is 5.56. The van der Waals surface area contributed by atoms with Crippen LogP contribution in [0.1, 0.15) is 12.1 Å². The average molecular weight is 217 g/mol. The molecular formula is C11H15N5. The zero-order valence-electron chi connectivity index (χ0n) is 9.30. The van der Waals surface area contributed by atoms with E-state index in [0.717, 1.165) is 36.7 Å². The number of aromatic nitrogens is 3. The molecule has 0 saturated carbocycles. The summed E-state index contributed by atoms with van der Waals surface area (Å²) in [6.45, 7) is 3.90. The highest BCUT2D eigenvalue weighted by Gasteiger charge is 2.20. The minimum Gasteiger partial charge on any atom is -0.354 e. The third-order valence-electron chi connectivity index (χ3n) is 3.07. The Kier molecular flexibility index (Phi) is 2.07. The van der Waals surface area contributed by atoms with E-state index in [1.54, 1.807) is 0 Å². The second-order valence-electron chi connectivity index (χ2n) is 4.36. The van der Waals surface area contributed by atoms with Gasteiger partial charge < -0.3 is 10.6 Å². The molecule has 1 atom stereocenters. The van der Waals surface area contributed by atoms with Crippen molar-refractivity contribution in [2.24, 2.45) is 5.73 Å². The van der Waals surface area contributed by atoms with Gasteiger partial charge in [0.15, 0.2) is 5.65 Å². The SMILES string of the molecule is Cc1cnc2ccc(N3CC[C@H](N)C3)nn12. The maximum absolute atomic E-state index is 5.90. The number of nitrogens with two attached hydrogens (primary N) is 1. The molecule has 0 radical (unpaired) electrons. The molecule has 3 rings (SSSR count). The molecule has 0 aliphatic carbocycles. The molecule has 1 fully saturated rings. The van der Waals surface area contributed by atoms with E-state index in [4.69, 9.17) is 5.73 Å². The number of rotatable bonds is 1. The molecule has 1 aliphatic rings. The molecule has 1 aliphatic heterocycles. The first-order chi connectivity index (χ1) is 7.74. The maximum Gasteiger partial charge on any atom is 0.153 e. The van der Waals surface area contributed by atoms with E-state index in [1.165, 1.54) is 0 Å². The normalized spacial score (nSPS) is 20.9. The van der Waals surface area contributed by atoms with E-state index >= 15 is 0 Å². The predicted molar refractivity (Wildman–Crippen MR) is 62.5 cm³/mol. The summed E-state index contributed by atoms with van der Waals surface area (Å²) >= 11 is 0. The van der Waals surface area contributed by atoms with Gasteiger partial charge in [0.05, 0.1) is 11.9 Å². The lowest BCUT2D eigenvalue weighted by molar-refractivity contribution is 0.749. The summed E-state index contributed by atoms with van der Waals surface area (Å²) < 4.78 is 1.87. The lowest BCUT2D eigenvalue weighted by atomic mass is 10.3. The largest absolute Gasteiger partial charge is 0.354 e. The van der Waals surface area contributed by atoms with Crippen molar-refractivity contribution in [3.63, 3.8) is 0 Å². The van der Waals surface area contributed by atoms with Crippen LogP contribution in [-0.2, 0) is 0 Å². The van der Waals surface area contributed by atoms with Gasteiger partial charge in [0.1, 0.15) is 5.82 Å². The zero-order valence-corrected chi connectivity index (χ0v) is 9.30. The number of fused-ring (bicyclic) bond motifs is 1. The average Bonchev–Trinajstić information content (AvgIpc) is 2.86. The van der Waals surface area contributed by atoms with Gasteiger partial charge in [-0.05, 0) is 25.5 Å². The summed E-state index contributed by atoms with van der Waals surface area (Å²) in [5, 5.41) is 4.58. The van der Waals surface area contributed by atoms with Gasteiger partial charge in [-0.2, -0.15) is 0 Å². The number of aryl methyl sites for hydroxylation is 1. The second-order valence-corrected chi connectivity index (χ2v) is 4.36. The molecular weight excluding hydrogens is 202 g/mol. The highest BCUT2D eigenvalue weighted by atomic mass is 15.3. The van der Waals surface area contributed by atoms with Crippen molar-refractivity contribution < 1.29 is 0 Å². The molecule has 0 aromatic carbocycles. The molecule has 1 saturated heterocycles. The summed E-state index contributed by atoms with van der Waals surface area (Å²) in [4.78, 5) is 6.48. The van der Waals surface area contributed by atoms with Crippen molar-refractivity contribution in [3.05, 3.63) is 24.0 Å². The summed E-state index contributed by atoms with van der Waals surface area (Å²) in [6, 6.07) is 4.29. The Morgan fingerprint density at radius 2 is 2.31 bits per heavy atom. The standard InChI is InChI=1S/C11H15N5/c1-8-6-13-10-2-3-11(14-16(8)10)15-5-4-9(12)7-15/h2-3,6,9H,4-5,7,12H2,1H3/t9-/m0/s1. The highest BCUT2D eigenvalue weighted by molar-refractivity contribution is 5.47. The number of hydrogen-bond donors (Lipinski definition) is 1. The Balaban J connectivity index is 2.01. The Hall–Kier alpha value is -1.62. The third-order valence-corrected chi connectivity index (χ3v) is 3.07. The minimum absolute atomic E-state index is 0.279. The molecule has 2 aromatic rings. The molecule has 5 heteroatoms. The molecule has 0 amide bonds. The summed E-state index contributed by atoms with van der Waals surface area (Å²) in [6.07, 6.45) is 2.88. The number of imidazole rings is 1. The number of nitrogens with zero attached hydrogens (tertiary/aromatic N) is 4. The molecule has 5 nitrogen and oxygen atoms in total. The van der Waals surface area contributed by atoms with Crippen LogP contribution in [0.25, 0.3) is 5.65 Å². The van der Waals surface area contributed by atoms with Gasteiger partial charge in [0.25, 0.3) is 0 Å². The van der Waals surface area contributed by atoms with E-state index in [0.29, 0.717) is 0 Å². The molecule has 0 spiro atoms. The molecule has 2 N–H and O–H groups in total. The molecule has 0 unspecified atom stereocenters. The van der Waals surface area contributed by atoms with Crippen molar-refractivity contribution in [2.45, 2.75) is 19.4 Å². The highest BCUT2D eigenvalue weighted by Crippen LogP contribution is 2.17. The Morgan fingerprint density at radius 3 is 3.06 bits per heavy atom. The quantitative estimate of drug-likeness (QED) is 0.759. The second kappa shape index (κ2) is 3.45. The fourth-order valence-corrected chi connectivity index (χ4v) is 2.14. The van der Waals surface area contributed by atoms with E-state index in [1.807, 2.05) is 29.8 Å². The zero-order chi connectivity index (χ0) is 11.1. The van der Waals surface area contributed by atoms with Gasteiger partial charge >= 0.3 is 0 Å². The smallest absolute Gasteiger partial charge is 0.153 e. The Labute approximate surface area is 93.9 Å². The Bertz CT molecular complexity index is 518. The monoisotopic (exact) mass is 217 g/mol. The lowest BCUT2D eigenvalue weighted by Crippen LogP contribution is -2.27. The van der Waals surface area contributed by atoms with Gasteiger partial charge in [-0.3, -0.25) is 0 Å². The summed E-state index contributed by atoms with van der Waals surface area (Å²) in [5.74, 6) is 0.988. The van der Waals surface area contributed by atoms with Crippen LogP contribution in [0.5, 0.6) is 0 Å². The molecule has 16 heavy (non-hydrogen) atoms. The van der Waals surface area contributed by atoms with Gasteiger partial charge in [-0.1, -0.05) is 0 Å². The van der Waals surface area contributed by atoms with Crippen LogP contribution in [0.15, 0.2) is 18.3 Å². The minimum atomic E-state index is 0.279. The van der Waals surface area contributed by atoms with Crippen molar-refractivity contribution in [1.29, 1.82) is 0 Å². The van der Waals surface area contributed by atoms with Crippen molar-refractivity contribution in [1.82, 2.24) is 14.6 Å². The Morgan fingerprint density at radius 1 is 1.44 bits per heavy atom. The maximum atomic E-state index is 5.90. The van der Waals surface area contributed by atoms with Crippen molar-refractivity contribution >= 4 is 11.5 Å². The molecule has 3 heterocycles. The van der Waals surface area contributed by atoms with Crippen LogP contribution in [-0.4, -0.2) is 33.7 Å². The van der Waals surface area contributed by atoms with Crippen LogP contribution in [0.2, 0.25) is 0 Å². The van der Waals surface area contributed by atoms with Crippen LogP contribution in [0, 0.1) is 6.92 Å². The van der Waals surface area contributed by atoms with Crippen LogP contribution < -0.4 is 10.6 Å². The van der Waals surface area contributed by atoms with Gasteiger partial charge in [0.2, 0.25) is 0 Å². The van der Waals surface area contributed by atoms with E-state index < -0.39 is 0 Å². The van der Waals surface area contributed by atoms with E-state index in [-0.39, 0.29) is 6.04 Å². The topological polar surface area (TPSA) is 59.5 Å². The first-order valence-corrected chi connectivity index (χ1v) is 5.56. The van der Waals surface area contributed by atoms with Gasteiger partial charge in [-0.15, -0.1) is 5.10 Å². The van der Waals surface area contributed by atoms with Gasteiger partial charge in [-0.25, -0.2) is 9.50 Å². The fraction of sp³-hybridized carbons (Fsp3) is 0.455. The first kappa shape index (κ1) is 9.59. The number of anilines is 1. The molecule has 2 aromatic heterocycles. The fourth-order valence-electron chi connectivity index (χ4n) is 2.14. The van der Waals surface area contributed by atoms with Gasteiger partial charge in [0, 0.05) is 19.1 Å². The van der Waals surface area contributed by atoms with Crippen LogP contribution in [0.4, 0.5) is 5.82 Å². The summed E-state index contributed by atoms with van der Waals surface area (Å²) in [5.41, 5.74) is 7.85. The third kappa shape index (κ3) is 1.44.